The van der Waals surface area contributed by atoms with Gasteiger partial charge in [0.1, 0.15) is 5.82 Å². The van der Waals surface area contributed by atoms with E-state index in [0.717, 1.165) is 5.56 Å². The zero-order valence-electron chi connectivity index (χ0n) is 14.2. The van der Waals surface area contributed by atoms with E-state index in [1.807, 2.05) is 0 Å². The number of hydrogen-bond donors (Lipinski definition) is 1. The van der Waals surface area contributed by atoms with E-state index in [2.05, 4.69) is 10.00 Å². The second-order valence-corrected chi connectivity index (χ2v) is 6.55. The lowest BCUT2D eigenvalue weighted by Crippen LogP contribution is -2.48. The summed E-state index contributed by atoms with van der Waals surface area (Å²) in [7, 11) is 1.49. The first-order valence-corrected chi connectivity index (χ1v) is 8.45. The van der Waals surface area contributed by atoms with E-state index in [1.54, 1.807) is 11.0 Å². The van der Waals surface area contributed by atoms with Crippen LogP contribution in [0.4, 0.5) is 4.39 Å². The highest BCUT2D eigenvalue weighted by Gasteiger charge is 2.28. The van der Waals surface area contributed by atoms with Gasteiger partial charge in [0.2, 0.25) is 0 Å². The Balaban J connectivity index is 1.63. The first-order valence-electron chi connectivity index (χ1n) is 8.07. The molecular formula is C17H18ClFN4O3. The van der Waals surface area contributed by atoms with Gasteiger partial charge in [-0.05, 0) is 17.7 Å². The highest BCUT2D eigenvalue weighted by Crippen LogP contribution is 2.20. The van der Waals surface area contributed by atoms with Crippen molar-refractivity contribution in [2.45, 2.75) is 6.54 Å². The minimum atomic E-state index is -1.18. The fourth-order valence-corrected chi connectivity index (χ4v) is 3.24. The number of carbonyl (C=O) groups is 2. The molecule has 1 amide bonds. The molecule has 1 aromatic heterocycles. The topological polar surface area (TPSA) is 78.7 Å². The Morgan fingerprint density at radius 1 is 1.27 bits per heavy atom. The van der Waals surface area contributed by atoms with Crippen LogP contribution in [0.2, 0.25) is 5.02 Å². The molecular weight excluding hydrogens is 363 g/mol. The maximum atomic E-state index is 13.1. The summed E-state index contributed by atoms with van der Waals surface area (Å²) in [6, 6.07) is 4.31. The van der Waals surface area contributed by atoms with Crippen LogP contribution in [-0.4, -0.2) is 62.7 Å². The van der Waals surface area contributed by atoms with E-state index in [1.165, 1.54) is 30.1 Å². The van der Waals surface area contributed by atoms with Crippen molar-refractivity contribution in [1.82, 2.24) is 19.6 Å². The lowest BCUT2D eigenvalue weighted by atomic mass is 10.1. The van der Waals surface area contributed by atoms with Gasteiger partial charge in [-0.25, -0.2) is 9.18 Å². The first-order chi connectivity index (χ1) is 12.4. The zero-order chi connectivity index (χ0) is 18.8. The van der Waals surface area contributed by atoms with E-state index in [4.69, 9.17) is 11.6 Å². The third-order valence-electron chi connectivity index (χ3n) is 4.44. The van der Waals surface area contributed by atoms with Crippen LogP contribution in [0.15, 0.2) is 24.4 Å². The molecule has 0 saturated carbocycles. The Morgan fingerprint density at radius 2 is 1.96 bits per heavy atom. The molecule has 1 saturated heterocycles. The zero-order valence-corrected chi connectivity index (χ0v) is 14.9. The summed E-state index contributed by atoms with van der Waals surface area (Å²) in [5.41, 5.74) is 0.804. The van der Waals surface area contributed by atoms with Gasteiger partial charge in [0.25, 0.3) is 5.91 Å². The predicted molar refractivity (Wildman–Crippen MR) is 92.8 cm³/mol. The quantitative estimate of drug-likeness (QED) is 0.876. The van der Waals surface area contributed by atoms with Gasteiger partial charge in [-0.1, -0.05) is 17.7 Å². The monoisotopic (exact) mass is 380 g/mol. The second kappa shape index (κ2) is 7.43. The molecule has 9 heteroatoms. The number of aryl methyl sites for hydroxylation is 1. The molecule has 1 aliphatic rings. The summed E-state index contributed by atoms with van der Waals surface area (Å²) >= 11 is 6.06. The fourth-order valence-electron chi connectivity index (χ4n) is 3.02. The van der Waals surface area contributed by atoms with Gasteiger partial charge in [-0.2, -0.15) is 5.10 Å². The van der Waals surface area contributed by atoms with E-state index in [9.17, 15) is 19.1 Å². The molecule has 0 bridgehead atoms. The van der Waals surface area contributed by atoms with Gasteiger partial charge in [0, 0.05) is 44.8 Å². The summed E-state index contributed by atoms with van der Waals surface area (Å²) < 4.78 is 14.3. The third-order valence-corrected chi connectivity index (χ3v) is 4.79. The van der Waals surface area contributed by atoms with Crippen molar-refractivity contribution in [2.75, 3.05) is 26.2 Å². The number of aromatic nitrogens is 2. The van der Waals surface area contributed by atoms with E-state index in [-0.39, 0.29) is 23.0 Å². The molecule has 0 atom stereocenters. The lowest BCUT2D eigenvalue weighted by molar-refractivity contribution is 0.0606. The Morgan fingerprint density at radius 3 is 2.58 bits per heavy atom. The molecule has 0 aliphatic carbocycles. The Bertz CT molecular complexity index is 847. The van der Waals surface area contributed by atoms with Crippen molar-refractivity contribution >= 4 is 23.5 Å². The minimum absolute atomic E-state index is 0.0926. The molecule has 3 rings (SSSR count). The van der Waals surface area contributed by atoms with Crippen molar-refractivity contribution in [3.8, 4) is 0 Å². The number of rotatable bonds is 4. The Labute approximate surface area is 154 Å². The van der Waals surface area contributed by atoms with Crippen LogP contribution in [-0.2, 0) is 13.6 Å². The molecule has 0 radical (unpaired) electrons. The van der Waals surface area contributed by atoms with Gasteiger partial charge < -0.3 is 10.0 Å². The molecule has 26 heavy (non-hydrogen) atoms. The third kappa shape index (κ3) is 3.71. The SMILES string of the molecule is Cn1ncc(C(=O)N2CCN(Cc3ccc(F)cc3Cl)CC2)c1C(=O)O. The molecule has 0 spiro atoms. The van der Waals surface area contributed by atoms with Gasteiger partial charge in [0.05, 0.1) is 11.8 Å². The molecule has 7 nitrogen and oxygen atoms in total. The van der Waals surface area contributed by atoms with Crippen LogP contribution in [0, 0.1) is 5.82 Å². The Hall–Kier alpha value is -2.45. The average Bonchev–Trinajstić information content (AvgIpc) is 2.99. The smallest absolute Gasteiger partial charge is 0.354 e. The van der Waals surface area contributed by atoms with Gasteiger partial charge in [-0.3, -0.25) is 14.4 Å². The summed E-state index contributed by atoms with van der Waals surface area (Å²) in [4.78, 5) is 27.7. The molecule has 2 aromatic rings. The van der Waals surface area contributed by atoms with E-state index < -0.39 is 5.97 Å². The maximum Gasteiger partial charge on any atom is 0.354 e. The molecule has 138 valence electrons. The van der Waals surface area contributed by atoms with Crippen LogP contribution < -0.4 is 0 Å². The molecule has 0 unspecified atom stereocenters. The molecule has 2 heterocycles. The Kier molecular flexibility index (Phi) is 5.24. The standard InChI is InChI=1S/C17H18ClFN4O3/c1-21-15(17(25)26)13(9-20-21)16(24)23-6-4-22(5-7-23)10-11-2-3-12(19)8-14(11)18/h2-3,8-9H,4-7,10H2,1H3,(H,25,26). The van der Waals surface area contributed by atoms with Crippen LogP contribution in [0.5, 0.6) is 0 Å². The number of aromatic carboxylic acids is 1. The number of nitrogens with zero attached hydrogens (tertiary/aromatic N) is 4. The molecule has 1 N–H and O–H groups in total. The number of benzene rings is 1. The fraction of sp³-hybridized carbons (Fsp3) is 0.353. The summed E-state index contributed by atoms with van der Waals surface area (Å²) in [5, 5.41) is 13.5. The van der Waals surface area contributed by atoms with Crippen LogP contribution in [0.3, 0.4) is 0 Å². The highest BCUT2D eigenvalue weighted by molar-refractivity contribution is 6.31. The van der Waals surface area contributed by atoms with E-state index >= 15 is 0 Å². The normalized spacial score (nSPS) is 15.3. The van der Waals surface area contributed by atoms with Crippen molar-refractivity contribution in [3.05, 3.63) is 52.1 Å². The van der Waals surface area contributed by atoms with Crippen molar-refractivity contribution in [2.24, 2.45) is 7.05 Å². The summed E-state index contributed by atoms with van der Waals surface area (Å²) in [5.74, 6) is -1.90. The lowest BCUT2D eigenvalue weighted by Gasteiger charge is -2.34. The number of piperazine rings is 1. The molecule has 1 aliphatic heterocycles. The number of carboxylic acids is 1. The van der Waals surface area contributed by atoms with Gasteiger partial charge in [0.15, 0.2) is 5.69 Å². The van der Waals surface area contributed by atoms with Crippen LogP contribution >= 0.6 is 11.6 Å². The highest BCUT2D eigenvalue weighted by atomic mass is 35.5. The molecule has 1 fully saturated rings. The van der Waals surface area contributed by atoms with Crippen molar-refractivity contribution in [1.29, 1.82) is 0 Å². The van der Waals surface area contributed by atoms with Crippen molar-refractivity contribution < 1.29 is 19.1 Å². The second-order valence-electron chi connectivity index (χ2n) is 6.14. The number of carbonyl (C=O) groups excluding carboxylic acids is 1. The van der Waals surface area contributed by atoms with Gasteiger partial charge >= 0.3 is 5.97 Å². The number of hydrogen-bond acceptors (Lipinski definition) is 4. The molecule has 1 aromatic carbocycles. The minimum Gasteiger partial charge on any atom is -0.477 e. The summed E-state index contributed by atoms with van der Waals surface area (Å²) in [6.07, 6.45) is 1.29. The van der Waals surface area contributed by atoms with Gasteiger partial charge in [-0.15, -0.1) is 0 Å². The number of halogens is 2. The summed E-state index contributed by atoms with van der Waals surface area (Å²) in [6.45, 7) is 2.72. The van der Waals surface area contributed by atoms with E-state index in [0.29, 0.717) is 37.7 Å². The largest absolute Gasteiger partial charge is 0.477 e. The van der Waals surface area contributed by atoms with Crippen molar-refractivity contribution in [3.63, 3.8) is 0 Å². The van der Waals surface area contributed by atoms with Crippen LogP contribution in [0.1, 0.15) is 26.4 Å². The average molecular weight is 381 g/mol. The number of amides is 1. The first kappa shape index (κ1) is 18.3. The number of carboxylic acid groups (broad SMARTS) is 1. The predicted octanol–water partition coefficient (Wildman–Crippen LogP) is 1.87. The maximum absolute atomic E-state index is 13.1. The van der Waals surface area contributed by atoms with Crippen LogP contribution in [0.25, 0.3) is 0 Å².